The molecule has 13 heavy (non-hydrogen) atoms. The highest BCUT2D eigenvalue weighted by Gasteiger charge is 2.08. The molecular formula is C9H10F2O2. The molecule has 0 amide bonds. The second-order valence-electron chi connectivity index (χ2n) is 2.69. The van der Waals surface area contributed by atoms with Crippen molar-refractivity contribution in [2.45, 2.75) is 13.0 Å². The summed E-state index contributed by atoms with van der Waals surface area (Å²) in [6.45, 7) is 1.32. The Hall–Kier alpha value is -1.16. The molecule has 0 aliphatic carbocycles. The van der Waals surface area contributed by atoms with E-state index in [-0.39, 0.29) is 12.4 Å². The van der Waals surface area contributed by atoms with Gasteiger partial charge in [0.15, 0.2) is 11.6 Å². The molecule has 0 aliphatic heterocycles. The number of aliphatic hydroxyl groups excluding tert-OH is 1. The lowest BCUT2D eigenvalue weighted by Gasteiger charge is -2.12. The van der Waals surface area contributed by atoms with Crippen LogP contribution in [0.15, 0.2) is 18.2 Å². The Labute approximate surface area is 74.8 Å². The van der Waals surface area contributed by atoms with Gasteiger partial charge in [-0.3, -0.25) is 0 Å². The van der Waals surface area contributed by atoms with E-state index in [4.69, 9.17) is 9.84 Å². The van der Waals surface area contributed by atoms with Crippen molar-refractivity contribution < 1.29 is 18.6 Å². The third-order valence-corrected chi connectivity index (χ3v) is 1.48. The normalized spacial score (nSPS) is 12.6. The zero-order valence-corrected chi connectivity index (χ0v) is 7.13. The van der Waals surface area contributed by atoms with Crippen molar-refractivity contribution in [2.75, 3.05) is 6.61 Å². The minimum atomic E-state index is -0.637. The molecule has 1 N–H and O–H groups in total. The lowest BCUT2D eigenvalue weighted by Crippen LogP contribution is -2.16. The van der Waals surface area contributed by atoms with E-state index in [9.17, 15) is 8.78 Å². The molecule has 0 saturated heterocycles. The number of rotatable bonds is 3. The van der Waals surface area contributed by atoms with Crippen LogP contribution >= 0.6 is 0 Å². The Morgan fingerprint density at radius 2 is 2.15 bits per heavy atom. The lowest BCUT2D eigenvalue weighted by molar-refractivity contribution is 0.125. The largest absolute Gasteiger partial charge is 0.485 e. The number of hydrogen-bond donors (Lipinski definition) is 1. The molecule has 1 atom stereocenters. The fourth-order valence-corrected chi connectivity index (χ4v) is 0.822. The number of ether oxygens (including phenoxy) is 1. The monoisotopic (exact) mass is 188 g/mol. The van der Waals surface area contributed by atoms with E-state index >= 15 is 0 Å². The zero-order valence-electron chi connectivity index (χ0n) is 7.13. The molecule has 72 valence electrons. The van der Waals surface area contributed by atoms with Crippen LogP contribution in [0.2, 0.25) is 0 Å². The molecule has 0 heterocycles. The molecule has 0 saturated carbocycles. The molecule has 1 rings (SSSR count). The van der Waals surface area contributed by atoms with Crippen LogP contribution in [0.5, 0.6) is 5.75 Å². The quantitative estimate of drug-likeness (QED) is 0.782. The molecule has 2 nitrogen and oxygen atoms in total. The topological polar surface area (TPSA) is 29.5 Å². The van der Waals surface area contributed by atoms with Crippen LogP contribution in [-0.2, 0) is 0 Å². The Morgan fingerprint density at radius 3 is 2.77 bits per heavy atom. The van der Waals surface area contributed by atoms with Crippen LogP contribution < -0.4 is 4.74 Å². The maximum Gasteiger partial charge on any atom is 0.165 e. The molecule has 1 aromatic carbocycles. The van der Waals surface area contributed by atoms with Crippen LogP contribution in [0.25, 0.3) is 0 Å². The first kappa shape index (κ1) is 9.92. The lowest BCUT2D eigenvalue weighted by atomic mass is 10.3. The van der Waals surface area contributed by atoms with Crippen molar-refractivity contribution in [1.29, 1.82) is 0 Å². The van der Waals surface area contributed by atoms with Gasteiger partial charge in [0.2, 0.25) is 0 Å². The van der Waals surface area contributed by atoms with Crippen LogP contribution in [0.3, 0.4) is 0 Å². The molecule has 4 heteroatoms. The summed E-state index contributed by atoms with van der Waals surface area (Å²) in [6.07, 6.45) is -0.545. The smallest absolute Gasteiger partial charge is 0.165 e. The van der Waals surface area contributed by atoms with Gasteiger partial charge in [0.1, 0.15) is 11.9 Å². The fourth-order valence-electron chi connectivity index (χ4n) is 0.822. The Balaban J connectivity index is 2.81. The average Bonchev–Trinajstić information content (AvgIpc) is 2.11. The van der Waals surface area contributed by atoms with Gasteiger partial charge < -0.3 is 9.84 Å². The van der Waals surface area contributed by atoms with Gasteiger partial charge in [-0.25, -0.2) is 8.78 Å². The fraction of sp³-hybridized carbons (Fsp3) is 0.333. The third kappa shape index (κ3) is 2.66. The molecule has 0 radical (unpaired) electrons. The summed E-state index contributed by atoms with van der Waals surface area (Å²) < 4.78 is 30.4. The van der Waals surface area contributed by atoms with E-state index in [1.807, 2.05) is 0 Å². The van der Waals surface area contributed by atoms with E-state index < -0.39 is 17.7 Å². The molecule has 1 aromatic rings. The minimum absolute atomic E-state index is 0.179. The maximum absolute atomic E-state index is 12.9. The predicted octanol–water partition coefficient (Wildman–Crippen LogP) is 1.72. The summed E-state index contributed by atoms with van der Waals surface area (Å²) in [6, 6.07) is 2.93. The molecular weight excluding hydrogens is 178 g/mol. The summed E-state index contributed by atoms with van der Waals surface area (Å²) >= 11 is 0. The number of aliphatic hydroxyl groups is 1. The van der Waals surface area contributed by atoms with Crippen molar-refractivity contribution in [3.63, 3.8) is 0 Å². The highest BCUT2D eigenvalue weighted by molar-refractivity contribution is 5.25. The van der Waals surface area contributed by atoms with Gasteiger partial charge >= 0.3 is 0 Å². The van der Waals surface area contributed by atoms with E-state index in [0.717, 1.165) is 18.2 Å². The van der Waals surface area contributed by atoms with Gasteiger partial charge in [0.05, 0.1) is 6.61 Å². The first-order valence-electron chi connectivity index (χ1n) is 3.86. The van der Waals surface area contributed by atoms with Crippen LogP contribution in [0.4, 0.5) is 8.78 Å². The number of hydrogen-bond acceptors (Lipinski definition) is 2. The molecule has 0 fully saturated rings. The van der Waals surface area contributed by atoms with Gasteiger partial charge in [-0.1, -0.05) is 0 Å². The standard InChI is InChI=1S/C9H10F2O2/c1-6(5-12)13-9-4-7(10)2-3-8(9)11/h2-4,6,12H,5H2,1H3. The number of halogens is 2. The van der Waals surface area contributed by atoms with Crippen molar-refractivity contribution >= 4 is 0 Å². The van der Waals surface area contributed by atoms with Gasteiger partial charge in [-0.05, 0) is 19.1 Å². The summed E-state index contributed by atoms with van der Waals surface area (Å²) in [5.41, 5.74) is 0. The van der Waals surface area contributed by atoms with Crippen LogP contribution in [0.1, 0.15) is 6.92 Å². The first-order chi connectivity index (χ1) is 6.13. The Kier molecular flexibility index (Phi) is 3.19. The maximum atomic E-state index is 12.9. The van der Waals surface area contributed by atoms with Crippen molar-refractivity contribution in [1.82, 2.24) is 0 Å². The molecule has 1 unspecified atom stereocenters. The highest BCUT2D eigenvalue weighted by Crippen LogP contribution is 2.18. The SMILES string of the molecule is CC(CO)Oc1cc(F)ccc1F. The molecule has 0 aromatic heterocycles. The summed E-state index contributed by atoms with van der Waals surface area (Å²) in [5.74, 6) is -1.38. The summed E-state index contributed by atoms with van der Waals surface area (Å²) in [5, 5.41) is 8.62. The molecule has 0 aliphatic rings. The Morgan fingerprint density at radius 1 is 1.46 bits per heavy atom. The van der Waals surface area contributed by atoms with Gasteiger partial charge in [-0.2, -0.15) is 0 Å². The van der Waals surface area contributed by atoms with Gasteiger partial charge in [0.25, 0.3) is 0 Å². The Bertz CT molecular complexity index is 289. The predicted molar refractivity (Wildman–Crippen MR) is 43.5 cm³/mol. The van der Waals surface area contributed by atoms with E-state index in [2.05, 4.69) is 0 Å². The average molecular weight is 188 g/mol. The van der Waals surface area contributed by atoms with E-state index in [0.29, 0.717) is 0 Å². The minimum Gasteiger partial charge on any atom is -0.485 e. The van der Waals surface area contributed by atoms with Crippen LogP contribution in [-0.4, -0.2) is 17.8 Å². The van der Waals surface area contributed by atoms with E-state index in [1.165, 1.54) is 0 Å². The van der Waals surface area contributed by atoms with Crippen molar-refractivity contribution in [3.05, 3.63) is 29.8 Å². The second-order valence-corrected chi connectivity index (χ2v) is 2.69. The highest BCUT2D eigenvalue weighted by atomic mass is 19.1. The van der Waals surface area contributed by atoms with Gasteiger partial charge in [-0.15, -0.1) is 0 Å². The third-order valence-electron chi connectivity index (χ3n) is 1.48. The number of benzene rings is 1. The molecule has 0 spiro atoms. The summed E-state index contributed by atoms with van der Waals surface area (Å²) in [7, 11) is 0. The van der Waals surface area contributed by atoms with Gasteiger partial charge in [0, 0.05) is 6.07 Å². The first-order valence-corrected chi connectivity index (χ1v) is 3.86. The second kappa shape index (κ2) is 4.18. The summed E-state index contributed by atoms with van der Waals surface area (Å²) in [4.78, 5) is 0. The van der Waals surface area contributed by atoms with E-state index in [1.54, 1.807) is 6.92 Å². The van der Waals surface area contributed by atoms with Crippen LogP contribution in [0, 0.1) is 11.6 Å². The van der Waals surface area contributed by atoms with Crippen molar-refractivity contribution in [2.24, 2.45) is 0 Å². The molecule has 0 bridgehead atoms. The zero-order chi connectivity index (χ0) is 9.84. The van der Waals surface area contributed by atoms with Crippen molar-refractivity contribution in [3.8, 4) is 5.75 Å².